The van der Waals surface area contributed by atoms with Crippen molar-refractivity contribution < 1.29 is 9.90 Å². The van der Waals surface area contributed by atoms with Crippen LogP contribution in [0.3, 0.4) is 0 Å². The van der Waals surface area contributed by atoms with Crippen LogP contribution in [0, 0.1) is 6.92 Å². The van der Waals surface area contributed by atoms with Crippen LogP contribution in [0.2, 0.25) is 10.0 Å². The van der Waals surface area contributed by atoms with Gasteiger partial charge in [-0.15, -0.1) is 5.10 Å². The van der Waals surface area contributed by atoms with Crippen LogP contribution in [0.15, 0.2) is 18.2 Å². The van der Waals surface area contributed by atoms with Crippen molar-refractivity contribution in [1.82, 2.24) is 19.7 Å². The Morgan fingerprint density at radius 2 is 2.04 bits per heavy atom. The van der Waals surface area contributed by atoms with Crippen LogP contribution in [-0.4, -0.2) is 50.0 Å². The number of likely N-dealkylation sites (tertiary alicyclic amines) is 1. The van der Waals surface area contributed by atoms with Crippen LogP contribution in [0.5, 0.6) is 0 Å². The average molecular weight is 370 g/mol. The Morgan fingerprint density at radius 1 is 1.33 bits per heavy atom. The number of nitrogens with one attached hydrogen (secondary N) is 1. The van der Waals surface area contributed by atoms with E-state index in [1.165, 1.54) is 4.90 Å². The van der Waals surface area contributed by atoms with Gasteiger partial charge in [-0.3, -0.25) is 0 Å². The molecule has 0 radical (unpaired) electrons. The highest BCUT2D eigenvalue weighted by Gasteiger charge is 2.23. The molecule has 1 saturated heterocycles. The highest BCUT2D eigenvalue weighted by Crippen LogP contribution is 2.25. The van der Waals surface area contributed by atoms with E-state index >= 15 is 0 Å². The molecule has 0 atom stereocenters. The summed E-state index contributed by atoms with van der Waals surface area (Å²) in [4.78, 5) is 16.8. The summed E-state index contributed by atoms with van der Waals surface area (Å²) < 4.78 is 1.66. The van der Waals surface area contributed by atoms with Crippen molar-refractivity contribution in [3.63, 3.8) is 0 Å². The zero-order chi connectivity index (χ0) is 17.3. The highest BCUT2D eigenvalue weighted by molar-refractivity contribution is 6.35. The lowest BCUT2D eigenvalue weighted by atomic mass is 10.1. The quantitative estimate of drug-likeness (QED) is 0.865. The second-order valence-corrected chi connectivity index (χ2v) is 6.52. The minimum atomic E-state index is -0.871. The van der Waals surface area contributed by atoms with Crippen LogP contribution in [-0.2, 0) is 0 Å². The molecule has 1 aromatic carbocycles. The topological polar surface area (TPSA) is 83.3 Å². The Hall–Kier alpha value is -1.99. The first-order valence-electron chi connectivity index (χ1n) is 7.57. The maximum atomic E-state index is 10.9. The molecule has 7 nitrogen and oxygen atoms in total. The van der Waals surface area contributed by atoms with Crippen LogP contribution in [0.25, 0.3) is 5.69 Å². The van der Waals surface area contributed by atoms with Crippen LogP contribution < -0.4 is 5.32 Å². The van der Waals surface area contributed by atoms with Crippen LogP contribution in [0.4, 0.5) is 10.7 Å². The molecule has 0 unspecified atom stereocenters. The van der Waals surface area contributed by atoms with Crippen molar-refractivity contribution in [2.45, 2.75) is 25.8 Å². The molecule has 1 aliphatic rings. The van der Waals surface area contributed by atoms with E-state index in [-0.39, 0.29) is 6.04 Å². The van der Waals surface area contributed by atoms with Gasteiger partial charge in [-0.2, -0.15) is 4.98 Å². The van der Waals surface area contributed by atoms with Gasteiger partial charge in [0.25, 0.3) is 0 Å². The first kappa shape index (κ1) is 16.9. The zero-order valence-electron chi connectivity index (χ0n) is 13.0. The van der Waals surface area contributed by atoms with Gasteiger partial charge >= 0.3 is 6.09 Å². The normalized spacial score (nSPS) is 15.5. The molecule has 1 amide bonds. The number of aryl methyl sites for hydroxylation is 1. The predicted octanol–water partition coefficient (Wildman–Crippen LogP) is 3.44. The molecule has 0 bridgehead atoms. The third-order valence-corrected chi connectivity index (χ3v) is 4.54. The van der Waals surface area contributed by atoms with E-state index in [9.17, 15) is 4.79 Å². The lowest BCUT2D eigenvalue weighted by Crippen LogP contribution is -2.41. The molecule has 0 saturated carbocycles. The highest BCUT2D eigenvalue weighted by atomic mass is 35.5. The Labute approximate surface area is 149 Å². The summed E-state index contributed by atoms with van der Waals surface area (Å²) in [5.74, 6) is 1.21. The average Bonchev–Trinajstić information content (AvgIpc) is 2.88. The van der Waals surface area contributed by atoms with E-state index in [1.54, 1.807) is 22.9 Å². The van der Waals surface area contributed by atoms with Gasteiger partial charge in [-0.1, -0.05) is 23.2 Å². The standard InChI is InChI=1S/C15H17Cl2N5O2/c1-9-18-14(19-11-4-6-21(7-5-11)15(23)24)20-22(9)13-3-2-10(16)8-12(13)17/h2-3,8,11H,4-7H2,1H3,(H,19,20)(H,23,24). The number of halogens is 2. The van der Waals surface area contributed by atoms with Crippen molar-refractivity contribution in [2.24, 2.45) is 0 Å². The second kappa shape index (κ2) is 6.86. The summed E-state index contributed by atoms with van der Waals surface area (Å²) in [7, 11) is 0. The molecule has 2 aromatic rings. The molecule has 3 rings (SSSR count). The third kappa shape index (κ3) is 3.57. The lowest BCUT2D eigenvalue weighted by molar-refractivity contribution is 0.133. The van der Waals surface area contributed by atoms with Crippen molar-refractivity contribution in [1.29, 1.82) is 0 Å². The minimum absolute atomic E-state index is 0.150. The SMILES string of the molecule is Cc1nc(NC2CCN(C(=O)O)CC2)nn1-c1ccc(Cl)cc1Cl. The molecule has 2 heterocycles. The fourth-order valence-electron chi connectivity index (χ4n) is 2.73. The maximum Gasteiger partial charge on any atom is 0.407 e. The van der Waals surface area contributed by atoms with Gasteiger partial charge in [0.15, 0.2) is 0 Å². The van der Waals surface area contributed by atoms with Crippen LogP contribution in [0.1, 0.15) is 18.7 Å². The molecule has 1 fully saturated rings. The number of rotatable bonds is 3. The first-order chi connectivity index (χ1) is 11.4. The smallest absolute Gasteiger partial charge is 0.407 e. The number of carboxylic acid groups (broad SMARTS) is 1. The summed E-state index contributed by atoms with van der Waals surface area (Å²) in [5.41, 5.74) is 0.708. The number of amides is 1. The summed E-state index contributed by atoms with van der Waals surface area (Å²) in [6.45, 7) is 2.86. The van der Waals surface area contributed by atoms with E-state index in [1.807, 2.05) is 6.92 Å². The van der Waals surface area contributed by atoms with E-state index in [0.717, 1.165) is 12.8 Å². The number of anilines is 1. The number of hydrogen-bond donors (Lipinski definition) is 2. The zero-order valence-corrected chi connectivity index (χ0v) is 14.5. The molecule has 1 aliphatic heterocycles. The van der Waals surface area contributed by atoms with Gasteiger partial charge in [0.05, 0.1) is 10.7 Å². The molecule has 9 heteroatoms. The molecular weight excluding hydrogens is 353 g/mol. The van der Waals surface area contributed by atoms with Gasteiger partial charge in [0.1, 0.15) is 5.82 Å². The van der Waals surface area contributed by atoms with Gasteiger partial charge < -0.3 is 15.3 Å². The number of benzene rings is 1. The fourth-order valence-corrected chi connectivity index (χ4v) is 3.22. The maximum absolute atomic E-state index is 10.9. The van der Waals surface area contributed by atoms with E-state index in [2.05, 4.69) is 15.4 Å². The molecule has 24 heavy (non-hydrogen) atoms. The van der Waals surface area contributed by atoms with Crippen molar-refractivity contribution in [2.75, 3.05) is 18.4 Å². The van der Waals surface area contributed by atoms with Crippen LogP contribution >= 0.6 is 23.2 Å². The van der Waals surface area contributed by atoms with Crippen molar-refractivity contribution >= 4 is 35.2 Å². The summed E-state index contributed by atoms with van der Waals surface area (Å²) in [5, 5.41) is 17.8. The Bertz CT molecular complexity index is 756. The number of hydrogen-bond acceptors (Lipinski definition) is 4. The third-order valence-electron chi connectivity index (χ3n) is 4.01. The van der Waals surface area contributed by atoms with Crippen molar-refractivity contribution in [3.05, 3.63) is 34.1 Å². The predicted molar refractivity (Wildman–Crippen MR) is 92.4 cm³/mol. The van der Waals surface area contributed by atoms with E-state index in [0.29, 0.717) is 40.6 Å². The summed E-state index contributed by atoms with van der Waals surface area (Å²) in [6, 6.07) is 5.35. The number of aromatic nitrogens is 3. The minimum Gasteiger partial charge on any atom is -0.465 e. The Morgan fingerprint density at radius 3 is 2.67 bits per heavy atom. The Balaban J connectivity index is 1.72. The molecule has 2 N–H and O–H groups in total. The number of nitrogens with zero attached hydrogens (tertiary/aromatic N) is 4. The van der Waals surface area contributed by atoms with Crippen molar-refractivity contribution in [3.8, 4) is 5.69 Å². The van der Waals surface area contributed by atoms with Gasteiger partial charge in [-0.05, 0) is 38.0 Å². The molecule has 0 aliphatic carbocycles. The summed E-state index contributed by atoms with van der Waals surface area (Å²) in [6.07, 6.45) is 0.576. The van der Waals surface area contributed by atoms with E-state index in [4.69, 9.17) is 28.3 Å². The molecule has 128 valence electrons. The monoisotopic (exact) mass is 369 g/mol. The second-order valence-electron chi connectivity index (χ2n) is 5.68. The van der Waals surface area contributed by atoms with E-state index < -0.39 is 6.09 Å². The number of carbonyl (C=O) groups is 1. The molecule has 1 aromatic heterocycles. The largest absolute Gasteiger partial charge is 0.465 e. The fraction of sp³-hybridized carbons (Fsp3) is 0.400. The summed E-state index contributed by atoms with van der Waals surface area (Å²) >= 11 is 12.2. The molecule has 0 spiro atoms. The number of piperidine rings is 1. The Kier molecular flexibility index (Phi) is 4.82. The van der Waals surface area contributed by atoms with Gasteiger partial charge in [0.2, 0.25) is 5.95 Å². The molecular formula is C15H17Cl2N5O2. The van der Waals surface area contributed by atoms with Gasteiger partial charge in [0, 0.05) is 24.2 Å². The van der Waals surface area contributed by atoms with Gasteiger partial charge in [-0.25, -0.2) is 9.48 Å². The first-order valence-corrected chi connectivity index (χ1v) is 8.33. The lowest BCUT2D eigenvalue weighted by Gasteiger charge is -2.30.